The van der Waals surface area contributed by atoms with Crippen molar-refractivity contribution in [1.82, 2.24) is 26.6 Å². The molecule has 10 rings (SSSR count). The van der Waals surface area contributed by atoms with Crippen molar-refractivity contribution in [2.24, 2.45) is 34.8 Å². The van der Waals surface area contributed by atoms with Gasteiger partial charge in [-0.25, -0.2) is 4.79 Å². The molecule has 9 aliphatic rings. The Balaban J connectivity index is 1.03. The maximum Gasteiger partial charge on any atom is 0.350 e. The quantitative estimate of drug-likeness (QED) is 0.0365. The van der Waals surface area contributed by atoms with Crippen molar-refractivity contribution < 1.29 is 34.1 Å². The van der Waals surface area contributed by atoms with E-state index in [-0.39, 0.29) is 66.4 Å². The van der Waals surface area contributed by atoms with Crippen LogP contribution < -0.4 is 32.3 Å². The number of Topliss-reactive ketones (excluding diaryl/α,β-unsaturated/α-hetero) is 2. The van der Waals surface area contributed by atoms with Crippen LogP contribution in [0.1, 0.15) is 162 Å². The first-order valence-corrected chi connectivity index (χ1v) is 28.5. The number of cyclic esters (lactones) is 1. The number of benzene rings is 1. The summed E-state index contributed by atoms with van der Waals surface area (Å²) >= 11 is 0. The van der Waals surface area contributed by atoms with Crippen LogP contribution in [0.15, 0.2) is 100 Å². The van der Waals surface area contributed by atoms with E-state index < -0.39 is 34.8 Å². The number of aliphatic hydroxyl groups excluding tert-OH is 2. The second kappa shape index (κ2) is 22.5. The lowest BCUT2D eigenvalue weighted by Crippen LogP contribution is -2.54. The molecular formula is C61H84N6O7. The minimum atomic E-state index is -2.25. The molecule has 1 spiro atoms. The number of aliphatic hydroxyl groups is 2. The summed E-state index contributed by atoms with van der Waals surface area (Å²) in [5.74, 6) is 0.369. The Kier molecular flexibility index (Phi) is 16.1. The summed E-state index contributed by atoms with van der Waals surface area (Å²) in [5, 5.41) is 39.3. The summed E-state index contributed by atoms with van der Waals surface area (Å²) < 4.78 is 13.6. The number of fused-ring (bicyclic) bond motifs is 1. The third-order valence-corrected chi connectivity index (χ3v) is 18.8. The molecule has 1 saturated heterocycles. The molecule has 1 aromatic carbocycles. The van der Waals surface area contributed by atoms with Gasteiger partial charge in [0.2, 0.25) is 5.78 Å². The number of nitrogens with one attached hydrogen (secondary N) is 5. The monoisotopic (exact) mass is 1010 g/mol. The molecule has 5 aliphatic heterocycles. The topological polar surface area (TPSA) is 200 Å². The lowest BCUT2D eigenvalue weighted by molar-refractivity contribution is -0.158. The van der Waals surface area contributed by atoms with Crippen LogP contribution in [0.4, 0.5) is 0 Å². The van der Waals surface area contributed by atoms with E-state index in [9.17, 15) is 10.2 Å². The minimum absolute atomic E-state index is 0.0756. The van der Waals surface area contributed by atoms with E-state index in [0.29, 0.717) is 49.6 Å². The van der Waals surface area contributed by atoms with Crippen LogP contribution in [0.5, 0.6) is 0 Å². The van der Waals surface area contributed by atoms with E-state index in [1.807, 2.05) is 38.4 Å². The zero-order valence-corrected chi connectivity index (χ0v) is 44.4. The Morgan fingerprint density at radius 2 is 1.85 bits per heavy atom. The molecule has 74 heavy (non-hydrogen) atoms. The summed E-state index contributed by atoms with van der Waals surface area (Å²) in [7, 11) is 1.96. The van der Waals surface area contributed by atoms with Gasteiger partial charge in [-0.15, -0.1) is 0 Å². The fourth-order valence-electron chi connectivity index (χ4n) is 14.5. The van der Waals surface area contributed by atoms with Crippen molar-refractivity contribution in [3.63, 3.8) is 0 Å². The normalized spacial score (nSPS) is 34.3. The third kappa shape index (κ3) is 10.5. The van der Waals surface area contributed by atoms with Gasteiger partial charge in [0.15, 0.2) is 11.4 Å². The molecule has 13 nitrogen and oxygen atoms in total. The van der Waals surface area contributed by atoms with Gasteiger partial charge in [0, 0.05) is 48.9 Å². The first kappa shape index (κ1) is 52.8. The molecule has 1 saturated carbocycles. The zero-order chi connectivity index (χ0) is 51.6. The molecule has 2 fully saturated rings. The van der Waals surface area contributed by atoms with Gasteiger partial charge in [-0.1, -0.05) is 93.2 Å². The van der Waals surface area contributed by atoms with Crippen molar-refractivity contribution in [2.45, 2.75) is 178 Å². The van der Waals surface area contributed by atoms with E-state index >= 15 is 14.4 Å². The first-order chi connectivity index (χ1) is 35.9. The van der Waals surface area contributed by atoms with Crippen LogP contribution in [0.2, 0.25) is 0 Å². The minimum Gasteiger partial charge on any atom is -0.459 e. The highest BCUT2D eigenvalue weighted by molar-refractivity contribution is 6.33. The molecule has 400 valence electrons. The average Bonchev–Trinajstić information content (AvgIpc) is 4.12. The Labute approximate surface area is 439 Å². The fourth-order valence-corrected chi connectivity index (χ4v) is 14.5. The Morgan fingerprint density at radius 3 is 2.64 bits per heavy atom. The number of hydrogen-bond donors (Lipinski definition) is 8. The second-order valence-corrected chi connectivity index (χ2v) is 23.8. The third-order valence-electron chi connectivity index (χ3n) is 18.8. The summed E-state index contributed by atoms with van der Waals surface area (Å²) in [4.78, 5) is 47.4. The number of carbonyl (C=O) groups excluding carboxylic acids is 3. The van der Waals surface area contributed by atoms with Crippen molar-refractivity contribution in [3.8, 4) is 0 Å². The predicted molar refractivity (Wildman–Crippen MR) is 288 cm³/mol. The van der Waals surface area contributed by atoms with Gasteiger partial charge < -0.3 is 52.0 Å². The van der Waals surface area contributed by atoms with E-state index in [2.05, 4.69) is 63.9 Å². The Morgan fingerprint density at radius 1 is 1.01 bits per heavy atom. The molecule has 0 aromatic heterocycles. The predicted octanol–water partition coefficient (Wildman–Crippen LogP) is 7.93. The van der Waals surface area contributed by atoms with Gasteiger partial charge in [-0.3, -0.25) is 9.59 Å². The van der Waals surface area contributed by atoms with Gasteiger partial charge in [0.05, 0.1) is 18.9 Å². The fraction of sp³-hybridized carbons (Fsp3) is 0.623. The Bertz CT molecular complexity index is 2530. The van der Waals surface area contributed by atoms with Crippen molar-refractivity contribution in [3.05, 3.63) is 117 Å². The number of dihydropyridines is 2. The van der Waals surface area contributed by atoms with Crippen LogP contribution >= 0.6 is 0 Å². The molecule has 9 N–H and O–H groups in total. The number of ketones is 2. The van der Waals surface area contributed by atoms with Gasteiger partial charge in [-0.05, 0) is 173 Å². The molecule has 5 heterocycles. The number of rotatable bonds is 15. The highest BCUT2D eigenvalue weighted by Gasteiger charge is 2.86. The molecule has 4 bridgehead atoms. The summed E-state index contributed by atoms with van der Waals surface area (Å²) in [6.07, 6.45) is 31.7. The summed E-state index contributed by atoms with van der Waals surface area (Å²) in [6, 6.07) is 5.42. The van der Waals surface area contributed by atoms with Crippen LogP contribution in [0.3, 0.4) is 0 Å². The number of esters is 1. The number of hydrogen-bond acceptors (Lipinski definition) is 13. The number of epoxide rings is 1. The molecule has 10 atom stereocenters. The largest absolute Gasteiger partial charge is 0.459 e. The smallest absolute Gasteiger partial charge is 0.350 e. The summed E-state index contributed by atoms with van der Waals surface area (Å²) in [6.45, 7) is 5.41. The van der Waals surface area contributed by atoms with Crippen molar-refractivity contribution in [1.29, 1.82) is 0 Å². The molecule has 13 heteroatoms. The van der Waals surface area contributed by atoms with Gasteiger partial charge in [0.25, 0.3) is 5.60 Å². The van der Waals surface area contributed by atoms with Crippen LogP contribution in [0, 0.1) is 29.1 Å². The number of allylic oxidation sites excluding steroid dienone is 8. The van der Waals surface area contributed by atoms with Gasteiger partial charge in [0.1, 0.15) is 11.9 Å². The lowest BCUT2D eigenvalue weighted by Gasteiger charge is -2.43. The van der Waals surface area contributed by atoms with E-state index in [4.69, 9.17) is 15.2 Å². The molecule has 1 unspecified atom stereocenters. The summed E-state index contributed by atoms with van der Waals surface area (Å²) in [5.41, 5.74) is 9.37. The van der Waals surface area contributed by atoms with Crippen molar-refractivity contribution >= 4 is 17.5 Å². The Hall–Kier alpha value is -4.63. The molecule has 1 aromatic rings. The molecule has 4 aliphatic carbocycles. The van der Waals surface area contributed by atoms with Gasteiger partial charge in [-0.2, -0.15) is 0 Å². The standard InChI is InChI=1S/C61H84N6O7/c1-38(20-22-42-26-28-64-57-46(42)23-25-53(63-3)67-57)45(37-69)34-60-55(70)47-18-10-17-44-33-59(2,32-40-21-24-52(62)66-36-40)27-8-7-14-41-15-9-16-43-30-50(65-35-39-12-5-4-6-13-39)49(31-48(41)43)51(19-11-29-68)73-58(72)61(60,74-60)56(71)54(44)47/h9-10,16-18,21,24,26,30,36,39,41,48-53,63-69H,4-8,11-15,19-20,22-23,25,27-29,31-35,37,62H2,1-3H3/b45-38-/t41-,48-,49-,50+,51+,52?,53+,59+,60-,61-/m0/s1. The average molecular weight is 1010 g/mol. The molecular weight excluding hydrogens is 929 g/mol. The zero-order valence-electron chi connectivity index (χ0n) is 44.4. The molecule has 0 amide bonds. The van der Waals surface area contributed by atoms with E-state index in [0.717, 1.165) is 93.3 Å². The second-order valence-electron chi connectivity index (χ2n) is 23.8. The number of ether oxygens (including phenoxy) is 2. The molecule has 0 radical (unpaired) electrons. The highest BCUT2D eigenvalue weighted by atomic mass is 16.7. The maximum absolute atomic E-state index is 16.0. The number of nitrogens with two attached hydrogens (primary N) is 1. The van der Waals surface area contributed by atoms with Crippen LogP contribution in [-0.2, 0) is 20.7 Å². The number of carbonyl (C=O) groups is 3. The van der Waals surface area contributed by atoms with Crippen LogP contribution in [0.25, 0.3) is 0 Å². The highest BCUT2D eigenvalue weighted by Crippen LogP contribution is 2.61. The van der Waals surface area contributed by atoms with Crippen LogP contribution in [-0.4, -0.2) is 96.8 Å². The van der Waals surface area contributed by atoms with E-state index in [1.54, 1.807) is 6.07 Å². The first-order valence-electron chi connectivity index (χ1n) is 28.5. The SMILES string of the molecule is CN[C@H]1CCC2=C(NCC=C2CC/C(C)=C(\CO)C[C@@]23O[C@@]24C(=O)O[C@H](CCCO)[C@H]2C[C@@H]5C(=C[C@H]2NCC2CCCCC2)C=CC[C@@H]5CCCC[C@](C)(CC2=CNC(N)C=C2)Cc2cccc(c2C4=O)C3=O)N1. The van der Waals surface area contributed by atoms with Gasteiger partial charge >= 0.3 is 5.97 Å². The van der Waals surface area contributed by atoms with Crippen molar-refractivity contribution in [2.75, 3.05) is 33.4 Å². The van der Waals surface area contributed by atoms with E-state index in [1.165, 1.54) is 48.8 Å². The lowest BCUT2D eigenvalue weighted by atomic mass is 9.66. The maximum atomic E-state index is 16.0.